The minimum atomic E-state index is -0.100. The van der Waals surface area contributed by atoms with Gasteiger partial charge in [0, 0.05) is 30.6 Å². The maximum atomic E-state index is 12.3. The number of carbonyl (C=O) groups is 1. The van der Waals surface area contributed by atoms with Crippen LogP contribution >= 0.6 is 11.8 Å². The third-order valence-corrected chi connectivity index (χ3v) is 4.69. The van der Waals surface area contributed by atoms with Crippen LogP contribution in [0.25, 0.3) is 0 Å². The largest absolute Gasteiger partial charge is 0.395 e. The molecule has 1 aliphatic heterocycles. The van der Waals surface area contributed by atoms with Gasteiger partial charge in [-0.2, -0.15) is 11.8 Å². The Bertz CT molecular complexity index is 531. The predicted molar refractivity (Wildman–Crippen MR) is 85.2 cm³/mol. The van der Waals surface area contributed by atoms with Crippen LogP contribution in [0.5, 0.6) is 0 Å². The lowest BCUT2D eigenvalue weighted by Crippen LogP contribution is -2.32. The Kier molecular flexibility index (Phi) is 6.58. The van der Waals surface area contributed by atoms with E-state index in [1.807, 2.05) is 11.8 Å². The molecule has 0 radical (unpaired) electrons. The Balaban J connectivity index is 1.96. The summed E-state index contributed by atoms with van der Waals surface area (Å²) in [5.41, 5.74) is 1.16. The van der Waals surface area contributed by atoms with E-state index >= 15 is 0 Å². The van der Waals surface area contributed by atoms with E-state index in [4.69, 9.17) is 5.11 Å². The van der Waals surface area contributed by atoms with E-state index in [0.717, 1.165) is 0 Å². The van der Waals surface area contributed by atoms with Gasteiger partial charge in [-0.1, -0.05) is 18.3 Å². The monoisotopic (exact) mass is 304 g/mol. The van der Waals surface area contributed by atoms with Crippen LogP contribution < -0.4 is 5.32 Å². The minimum absolute atomic E-state index is 0.0215. The summed E-state index contributed by atoms with van der Waals surface area (Å²) in [4.78, 5) is 16.3. The highest BCUT2D eigenvalue weighted by atomic mass is 32.2. The Morgan fingerprint density at radius 3 is 3.19 bits per heavy atom. The van der Waals surface area contributed by atoms with Crippen molar-refractivity contribution in [3.63, 3.8) is 0 Å². The van der Waals surface area contributed by atoms with E-state index < -0.39 is 0 Å². The molecule has 1 atom stereocenters. The van der Waals surface area contributed by atoms with Gasteiger partial charge in [0.2, 0.25) is 0 Å². The first kappa shape index (κ1) is 15.9. The third kappa shape index (κ3) is 5.07. The second-order valence-electron chi connectivity index (χ2n) is 4.90. The molecule has 4 nitrogen and oxygen atoms in total. The molecule has 0 aromatic carbocycles. The lowest BCUT2D eigenvalue weighted by Gasteiger charge is -2.21. The summed E-state index contributed by atoms with van der Waals surface area (Å²) in [6.45, 7) is 0.725. The molecule has 0 saturated carbocycles. The quantitative estimate of drug-likeness (QED) is 0.833. The molecule has 112 valence electrons. The molecular weight excluding hydrogens is 284 g/mol. The number of amides is 1. The second-order valence-corrected chi connectivity index (χ2v) is 6.30. The Hall–Kier alpha value is -1.51. The topological polar surface area (TPSA) is 62.2 Å². The summed E-state index contributed by atoms with van der Waals surface area (Å²) in [5.74, 6) is 6.81. The normalized spacial score (nSPS) is 17.7. The fraction of sp³-hybridized carbons (Fsp3) is 0.500. The maximum Gasteiger partial charge on any atom is 0.252 e. The van der Waals surface area contributed by atoms with Crippen molar-refractivity contribution in [2.45, 2.75) is 30.9 Å². The van der Waals surface area contributed by atoms with Crippen molar-refractivity contribution in [3.8, 4) is 11.8 Å². The molecule has 1 saturated heterocycles. The summed E-state index contributed by atoms with van der Waals surface area (Å²) in [6, 6.07) is 1.69. The van der Waals surface area contributed by atoms with Crippen molar-refractivity contribution in [1.29, 1.82) is 0 Å². The van der Waals surface area contributed by atoms with Crippen LogP contribution in [0.4, 0.5) is 0 Å². The Morgan fingerprint density at radius 2 is 2.43 bits per heavy atom. The molecule has 1 fully saturated rings. The standard InChI is InChI=1S/C16H20N2O2S/c19-9-3-1-5-13-11-17-8-7-15(13)16(20)18-12-14-6-2-4-10-21-14/h7-8,11,14,19H,2-4,6,9-10,12H2,(H,18,20). The molecule has 1 aliphatic rings. The Morgan fingerprint density at radius 1 is 1.52 bits per heavy atom. The van der Waals surface area contributed by atoms with Gasteiger partial charge < -0.3 is 10.4 Å². The van der Waals surface area contributed by atoms with E-state index in [2.05, 4.69) is 22.1 Å². The lowest BCUT2D eigenvalue weighted by atomic mass is 10.1. The SMILES string of the molecule is O=C(NCC1CCCCS1)c1ccncc1C#CCCO. The number of rotatable bonds is 4. The molecule has 2 heterocycles. The van der Waals surface area contributed by atoms with Crippen LogP contribution in [0.3, 0.4) is 0 Å². The highest BCUT2D eigenvalue weighted by Gasteiger charge is 2.16. The first-order valence-electron chi connectivity index (χ1n) is 7.25. The summed E-state index contributed by atoms with van der Waals surface area (Å²) in [5, 5.41) is 12.3. The summed E-state index contributed by atoms with van der Waals surface area (Å²) in [7, 11) is 0. The smallest absolute Gasteiger partial charge is 0.252 e. The van der Waals surface area contributed by atoms with Crippen LogP contribution in [0.1, 0.15) is 41.6 Å². The number of pyridine rings is 1. The van der Waals surface area contributed by atoms with Crippen LogP contribution in [0, 0.1) is 11.8 Å². The minimum Gasteiger partial charge on any atom is -0.395 e. The van der Waals surface area contributed by atoms with Gasteiger partial charge in [0.15, 0.2) is 0 Å². The molecule has 1 amide bonds. The third-order valence-electron chi connectivity index (χ3n) is 3.29. The second kappa shape index (κ2) is 8.71. The molecule has 1 aromatic heterocycles. The van der Waals surface area contributed by atoms with Gasteiger partial charge in [-0.25, -0.2) is 0 Å². The van der Waals surface area contributed by atoms with Crippen LogP contribution in [-0.2, 0) is 0 Å². The fourth-order valence-corrected chi connectivity index (χ4v) is 3.41. The molecule has 2 N–H and O–H groups in total. The van der Waals surface area contributed by atoms with Gasteiger partial charge >= 0.3 is 0 Å². The van der Waals surface area contributed by atoms with E-state index in [0.29, 0.717) is 29.3 Å². The molecule has 0 bridgehead atoms. The van der Waals surface area contributed by atoms with Crippen molar-refractivity contribution >= 4 is 17.7 Å². The molecule has 0 aliphatic carbocycles. The zero-order valence-electron chi connectivity index (χ0n) is 12.0. The number of aliphatic hydroxyl groups excluding tert-OH is 1. The molecule has 2 rings (SSSR count). The predicted octanol–water partition coefficient (Wildman–Crippen LogP) is 1.83. The van der Waals surface area contributed by atoms with Crippen molar-refractivity contribution in [2.75, 3.05) is 18.9 Å². The van der Waals surface area contributed by atoms with Crippen molar-refractivity contribution in [3.05, 3.63) is 29.6 Å². The zero-order chi connectivity index (χ0) is 14.9. The van der Waals surface area contributed by atoms with Crippen molar-refractivity contribution in [1.82, 2.24) is 10.3 Å². The van der Waals surface area contributed by atoms with Gasteiger partial charge in [0.1, 0.15) is 0 Å². The number of hydrogen-bond donors (Lipinski definition) is 2. The number of thioether (sulfide) groups is 1. The number of hydrogen-bond acceptors (Lipinski definition) is 4. The number of aromatic nitrogens is 1. The van der Waals surface area contributed by atoms with Crippen LogP contribution in [0.15, 0.2) is 18.5 Å². The first-order chi connectivity index (χ1) is 10.3. The van der Waals surface area contributed by atoms with Crippen molar-refractivity contribution < 1.29 is 9.90 Å². The average Bonchev–Trinajstić information content (AvgIpc) is 2.54. The number of nitrogens with one attached hydrogen (secondary N) is 1. The van der Waals surface area contributed by atoms with E-state index in [1.165, 1.54) is 25.0 Å². The van der Waals surface area contributed by atoms with Gasteiger partial charge in [0.05, 0.1) is 17.7 Å². The van der Waals surface area contributed by atoms with Gasteiger partial charge in [-0.3, -0.25) is 9.78 Å². The Labute approximate surface area is 129 Å². The molecular formula is C16H20N2O2S. The summed E-state index contributed by atoms with van der Waals surface area (Å²) in [6.07, 6.45) is 7.29. The number of nitrogens with zero attached hydrogens (tertiary/aromatic N) is 1. The fourth-order valence-electron chi connectivity index (χ4n) is 2.18. The molecule has 1 aromatic rings. The van der Waals surface area contributed by atoms with Gasteiger partial charge in [-0.15, -0.1) is 0 Å². The van der Waals surface area contributed by atoms with E-state index in [1.54, 1.807) is 18.5 Å². The van der Waals surface area contributed by atoms with Gasteiger partial charge in [-0.05, 0) is 24.7 Å². The van der Waals surface area contributed by atoms with E-state index in [-0.39, 0.29) is 12.5 Å². The summed E-state index contributed by atoms with van der Waals surface area (Å²) >= 11 is 1.94. The molecule has 1 unspecified atom stereocenters. The average molecular weight is 304 g/mol. The van der Waals surface area contributed by atoms with Crippen LogP contribution in [0.2, 0.25) is 0 Å². The molecule has 0 spiro atoms. The van der Waals surface area contributed by atoms with Gasteiger partial charge in [0.25, 0.3) is 5.91 Å². The highest BCUT2D eigenvalue weighted by molar-refractivity contribution is 7.99. The number of aliphatic hydroxyl groups is 1. The number of carbonyl (C=O) groups excluding carboxylic acids is 1. The maximum absolute atomic E-state index is 12.3. The van der Waals surface area contributed by atoms with E-state index in [9.17, 15) is 4.79 Å². The van der Waals surface area contributed by atoms with Crippen molar-refractivity contribution in [2.24, 2.45) is 0 Å². The lowest BCUT2D eigenvalue weighted by molar-refractivity contribution is 0.0953. The molecule has 21 heavy (non-hydrogen) atoms. The first-order valence-corrected chi connectivity index (χ1v) is 8.29. The molecule has 5 heteroatoms. The summed E-state index contributed by atoms with van der Waals surface area (Å²) < 4.78 is 0. The zero-order valence-corrected chi connectivity index (χ0v) is 12.8. The highest BCUT2D eigenvalue weighted by Crippen LogP contribution is 2.24. The van der Waals surface area contributed by atoms with Crippen LogP contribution in [-0.4, -0.2) is 40.2 Å².